The number of nitrogens with zero attached hydrogens (tertiary/aromatic N) is 3. The summed E-state index contributed by atoms with van der Waals surface area (Å²) in [6.45, 7) is 6.28. The second-order valence-electron chi connectivity index (χ2n) is 5.44. The van der Waals surface area contributed by atoms with Crippen LogP contribution in [0.1, 0.15) is 39.3 Å². The zero-order chi connectivity index (χ0) is 15.3. The molecule has 0 aliphatic rings. The molecule has 1 aromatic heterocycles. The van der Waals surface area contributed by atoms with Crippen molar-refractivity contribution in [3.63, 3.8) is 0 Å². The molecular formula is C13H24N4O3. The van der Waals surface area contributed by atoms with Gasteiger partial charge in [0.15, 0.2) is 0 Å². The number of hydrogen-bond acceptors (Lipinski definition) is 5. The zero-order valence-corrected chi connectivity index (χ0v) is 12.6. The van der Waals surface area contributed by atoms with Crippen LogP contribution in [-0.2, 0) is 13.5 Å². The number of aromatic nitrogens is 2. The maximum atomic E-state index is 11.2. The molecule has 0 fully saturated rings. The first-order valence-corrected chi connectivity index (χ1v) is 6.99. The fraction of sp³-hybridized carbons (Fsp3) is 0.769. The molecule has 0 amide bonds. The van der Waals surface area contributed by atoms with Crippen molar-refractivity contribution in [2.24, 2.45) is 13.0 Å². The van der Waals surface area contributed by atoms with Gasteiger partial charge in [0.1, 0.15) is 5.69 Å². The lowest BCUT2D eigenvalue weighted by Gasteiger charge is -2.14. The van der Waals surface area contributed by atoms with Crippen molar-refractivity contribution in [3.05, 3.63) is 15.8 Å². The highest BCUT2D eigenvalue weighted by Gasteiger charge is 2.26. The van der Waals surface area contributed by atoms with Crippen LogP contribution in [0.3, 0.4) is 0 Å². The van der Waals surface area contributed by atoms with Crippen LogP contribution in [-0.4, -0.2) is 32.5 Å². The molecule has 7 heteroatoms. The van der Waals surface area contributed by atoms with Gasteiger partial charge in [0, 0.05) is 13.6 Å². The summed E-state index contributed by atoms with van der Waals surface area (Å²) >= 11 is 0. The Balaban J connectivity index is 2.86. The molecule has 0 saturated heterocycles. The number of rotatable bonds is 8. The Bertz CT molecular complexity index is 457. The molecule has 1 atom stereocenters. The fourth-order valence-corrected chi connectivity index (χ4v) is 2.21. The van der Waals surface area contributed by atoms with Crippen LogP contribution < -0.4 is 5.32 Å². The van der Waals surface area contributed by atoms with Crippen LogP contribution in [0.15, 0.2) is 0 Å². The lowest BCUT2D eigenvalue weighted by molar-refractivity contribution is -0.384. The van der Waals surface area contributed by atoms with E-state index in [9.17, 15) is 15.2 Å². The van der Waals surface area contributed by atoms with Gasteiger partial charge in [-0.05, 0) is 18.8 Å². The molecule has 0 aliphatic carbocycles. The van der Waals surface area contributed by atoms with Crippen LogP contribution in [0, 0.1) is 16.0 Å². The number of nitrogens with one attached hydrogen (secondary N) is 1. The van der Waals surface area contributed by atoms with Crippen LogP contribution in [0.4, 0.5) is 11.5 Å². The maximum Gasteiger partial charge on any atom is 0.333 e. The van der Waals surface area contributed by atoms with Crippen LogP contribution in [0.25, 0.3) is 0 Å². The summed E-state index contributed by atoms with van der Waals surface area (Å²) in [4.78, 5) is 10.8. The molecule has 0 bridgehead atoms. The van der Waals surface area contributed by atoms with Crippen LogP contribution >= 0.6 is 0 Å². The highest BCUT2D eigenvalue weighted by molar-refractivity contribution is 5.59. The first kappa shape index (κ1) is 16.4. The highest BCUT2D eigenvalue weighted by atomic mass is 16.6. The maximum absolute atomic E-state index is 11.2. The normalized spacial score (nSPS) is 12.7. The van der Waals surface area contributed by atoms with Gasteiger partial charge in [0.05, 0.1) is 11.0 Å². The lowest BCUT2D eigenvalue weighted by atomic mass is 10.1. The van der Waals surface area contributed by atoms with E-state index in [-0.39, 0.29) is 12.2 Å². The summed E-state index contributed by atoms with van der Waals surface area (Å²) in [5, 5.41) is 28.2. The molecule has 1 rings (SSSR count). The van der Waals surface area contributed by atoms with Gasteiger partial charge in [-0.2, -0.15) is 5.10 Å². The molecule has 0 aliphatic heterocycles. The summed E-state index contributed by atoms with van der Waals surface area (Å²) in [7, 11) is 1.67. The van der Waals surface area contributed by atoms with Gasteiger partial charge in [-0.15, -0.1) is 0 Å². The van der Waals surface area contributed by atoms with Crippen molar-refractivity contribution >= 4 is 11.5 Å². The Morgan fingerprint density at radius 1 is 1.50 bits per heavy atom. The van der Waals surface area contributed by atoms with Crippen LogP contribution in [0.2, 0.25) is 0 Å². The minimum Gasteiger partial charge on any atom is -0.391 e. The number of aryl methyl sites for hydroxylation is 2. The Hall–Kier alpha value is -1.63. The molecule has 1 aromatic rings. The predicted molar refractivity (Wildman–Crippen MR) is 77.8 cm³/mol. The number of aliphatic hydroxyl groups excluding tert-OH is 1. The first-order chi connectivity index (χ1) is 9.36. The molecule has 20 heavy (non-hydrogen) atoms. The summed E-state index contributed by atoms with van der Waals surface area (Å²) < 4.78 is 1.48. The largest absolute Gasteiger partial charge is 0.391 e. The second kappa shape index (κ2) is 7.23. The Morgan fingerprint density at radius 3 is 2.65 bits per heavy atom. The number of hydrogen-bond donors (Lipinski definition) is 2. The smallest absolute Gasteiger partial charge is 0.333 e. The Morgan fingerprint density at radius 2 is 2.15 bits per heavy atom. The number of anilines is 1. The predicted octanol–water partition coefficient (Wildman–Crippen LogP) is 2.10. The zero-order valence-electron chi connectivity index (χ0n) is 12.6. The summed E-state index contributed by atoms with van der Waals surface area (Å²) in [5.74, 6) is 0.741. The standard InChI is InChI=1S/C13H24N4O3/c1-5-6-11-12(17(19)20)13(16(4)15-11)14-8-10(18)7-9(2)3/h9-10,14,18H,5-8H2,1-4H3. The third-order valence-electron chi connectivity index (χ3n) is 3.01. The van der Waals surface area contributed by atoms with Gasteiger partial charge < -0.3 is 10.4 Å². The third-order valence-corrected chi connectivity index (χ3v) is 3.01. The van der Waals surface area contributed by atoms with Crippen molar-refractivity contribution < 1.29 is 10.0 Å². The highest BCUT2D eigenvalue weighted by Crippen LogP contribution is 2.29. The van der Waals surface area contributed by atoms with Crippen LogP contribution in [0.5, 0.6) is 0 Å². The van der Waals surface area contributed by atoms with E-state index in [1.165, 1.54) is 4.68 Å². The van der Waals surface area contributed by atoms with Gasteiger partial charge >= 0.3 is 5.69 Å². The summed E-state index contributed by atoms with van der Waals surface area (Å²) in [6.07, 6.45) is 1.49. The minimum absolute atomic E-state index is 0.0195. The topological polar surface area (TPSA) is 93.2 Å². The Kier molecular flexibility index (Phi) is 5.94. The monoisotopic (exact) mass is 284 g/mol. The summed E-state index contributed by atoms with van der Waals surface area (Å²) in [5.41, 5.74) is 0.506. The van der Waals surface area contributed by atoms with Crippen molar-refractivity contribution in [1.82, 2.24) is 9.78 Å². The lowest BCUT2D eigenvalue weighted by Crippen LogP contribution is -2.22. The van der Waals surface area contributed by atoms with E-state index >= 15 is 0 Å². The van der Waals surface area contributed by atoms with Gasteiger partial charge in [-0.25, -0.2) is 4.68 Å². The molecule has 7 nitrogen and oxygen atoms in total. The first-order valence-electron chi connectivity index (χ1n) is 6.99. The molecule has 0 radical (unpaired) electrons. The van der Waals surface area contributed by atoms with Crippen molar-refractivity contribution in [2.45, 2.75) is 46.1 Å². The quantitative estimate of drug-likeness (QED) is 0.563. The SMILES string of the molecule is CCCc1nn(C)c(NCC(O)CC(C)C)c1[N+](=O)[O-]. The number of aliphatic hydroxyl groups is 1. The van der Waals surface area contributed by atoms with Crippen molar-refractivity contribution in [1.29, 1.82) is 0 Å². The molecular weight excluding hydrogens is 260 g/mol. The average Bonchev–Trinajstić information content (AvgIpc) is 2.62. The van der Waals surface area contributed by atoms with Gasteiger partial charge in [-0.1, -0.05) is 27.2 Å². The average molecular weight is 284 g/mol. The molecule has 2 N–H and O–H groups in total. The molecule has 0 aromatic carbocycles. The molecule has 1 heterocycles. The minimum atomic E-state index is -0.529. The third kappa shape index (κ3) is 4.19. The van der Waals surface area contributed by atoms with Gasteiger partial charge in [-0.3, -0.25) is 10.1 Å². The number of nitro groups is 1. The van der Waals surface area contributed by atoms with Gasteiger partial charge in [0.25, 0.3) is 0 Å². The van der Waals surface area contributed by atoms with E-state index in [1.54, 1.807) is 7.05 Å². The van der Waals surface area contributed by atoms with E-state index < -0.39 is 11.0 Å². The van der Waals surface area contributed by atoms with E-state index in [4.69, 9.17) is 0 Å². The molecule has 114 valence electrons. The second-order valence-corrected chi connectivity index (χ2v) is 5.44. The van der Waals surface area contributed by atoms with E-state index in [0.29, 0.717) is 30.3 Å². The van der Waals surface area contributed by atoms with E-state index in [1.807, 2.05) is 20.8 Å². The fourth-order valence-electron chi connectivity index (χ4n) is 2.21. The Labute approximate surface area is 119 Å². The van der Waals surface area contributed by atoms with E-state index in [2.05, 4.69) is 10.4 Å². The molecule has 0 saturated carbocycles. The summed E-state index contributed by atoms with van der Waals surface area (Å²) in [6, 6.07) is 0. The van der Waals surface area contributed by atoms with Crippen molar-refractivity contribution in [2.75, 3.05) is 11.9 Å². The molecule has 1 unspecified atom stereocenters. The van der Waals surface area contributed by atoms with Gasteiger partial charge in [0.2, 0.25) is 5.82 Å². The van der Waals surface area contributed by atoms with E-state index in [0.717, 1.165) is 6.42 Å². The van der Waals surface area contributed by atoms with Crippen molar-refractivity contribution in [3.8, 4) is 0 Å². The molecule has 0 spiro atoms.